The number of guanidine groups is 1. The highest BCUT2D eigenvalue weighted by Crippen LogP contribution is 2.22. The average molecular weight is 395 g/mol. The maximum atomic E-state index is 10.8. The molecule has 1 atom stereocenters. The molecule has 28 heavy (non-hydrogen) atoms. The van der Waals surface area contributed by atoms with Gasteiger partial charge in [0.05, 0.1) is 18.8 Å². The molecule has 3 rings (SSSR count). The minimum Gasteiger partial charge on any atom is -0.384 e. The minimum atomic E-state index is -0.987. The number of hydrogen-bond acceptors (Lipinski definition) is 4. The standard InChI is InChI=1S/C22H26N4OS/c1-3-23-21(25-16-22(2,27)18-12-8-5-9-13-18)24-14-20-26-19(15-28-20)17-10-6-4-7-11-17/h4-13,15,27H,3,14,16H2,1-2H3,(H2,23,24,25). The first kappa shape index (κ1) is 20.0. The second-order valence-corrected chi connectivity index (χ2v) is 7.62. The summed E-state index contributed by atoms with van der Waals surface area (Å²) < 4.78 is 0. The lowest BCUT2D eigenvalue weighted by Gasteiger charge is -2.25. The highest BCUT2D eigenvalue weighted by Gasteiger charge is 2.22. The fourth-order valence-electron chi connectivity index (χ4n) is 2.77. The van der Waals surface area contributed by atoms with Crippen molar-refractivity contribution in [2.45, 2.75) is 26.0 Å². The van der Waals surface area contributed by atoms with Gasteiger partial charge in [-0.05, 0) is 19.4 Å². The van der Waals surface area contributed by atoms with E-state index in [1.54, 1.807) is 18.3 Å². The first-order valence-corrected chi connectivity index (χ1v) is 10.3. The Morgan fingerprint density at radius 1 is 1.07 bits per heavy atom. The van der Waals surface area contributed by atoms with Crippen LogP contribution in [-0.2, 0) is 12.1 Å². The van der Waals surface area contributed by atoms with Crippen molar-refractivity contribution in [3.63, 3.8) is 0 Å². The molecule has 0 bridgehead atoms. The fraction of sp³-hybridized carbons (Fsp3) is 0.273. The molecule has 3 N–H and O–H groups in total. The molecule has 0 aliphatic carbocycles. The lowest BCUT2D eigenvalue weighted by atomic mass is 9.96. The average Bonchev–Trinajstić information content (AvgIpc) is 3.20. The number of rotatable bonds is 7. The zero-order valence-corrected chi connectivity index (χ0v) is 17.0. The number of aliphatic imine (C=N–C) groups is 1. The van der Waals surface area contributed by atoms with E-state index in [9.17, 15) is 5.11 Å². The molecule has 0 radical (unpaired) electrons. The predicted molar refractivity (Wildman–Crippen MR) is 116 cm³/mol. The Kier molecular flexibility index (Phi) is 6.79. The van der Waals surface area contributed by atoms with E-state index in [2.05, 4.69) is 38.1 Å². The van der Waals surface area contributed by atoms with E-state index in [1.165, 1.54) is 0 Å². The Labute approximate surface area is 170 Å². The smallest absolute Gasteiger partial charge is 0.191 e. The first-order chi connectivity index (χ1) is 13.6. The third-order valence-electron chi connectivity index (χ3n) is 4.33. The molecule has 1 unspecified atom stereocenters. The van der Waals surface area contributed by atoms with Gasteiger partial charge in [0.25, 0.3) is 0 Å². The monoisotopic (exact) mass is 394 g/mol. The van der Waals surface area contributed by atoms with E-state index in [1.807, 2.05) is 55.5 Å². The van der Waals surface area contributed by atoms with Gasteiger partial charge < -0.3 is 15.7 Å². The molecular weight excluding hydrogens is 368 g/mol. The number of aromatic nitrogens is 1. The molecule has 146 valence electrons. The normalized spacial score (nSPS) is 13.8. The summed E-state index contributed by atoms with van der Waals surface area (Å²) in [5, 5.41) is 20.2. The van der Waals surface area contributed by atoms with Crippen molar-refractivity contribution in [3.05, 3.63) is 76.6 Å². The number of nitrogens with zero attached hydrogens (tertiary/aromatic N) is 2. The van der Waals surface area contributed by atoms with Crippen LogP contribution in [0.25, 0.3) is 11.3 Å². The molecule has 0 saturated carbocycles. The largest absolute Gasteiger partial charge is 0.384 e. The molecule has 6 heteroatoms. The SMILES string of the molecule is CCNC(=NCc1nc(-c2ccccc2)cs1)NCC(C)(O)c1ccccc1. The summed E-state index contributed by atoms with van der Waals surface area (Å²) in [5.74, 6) is 0.662. The maximum absolute atomic E-state index is 10.8. The zero-order valence-electron chi connectivity index (χ0n) is 16.2. The second kappa shape index (κ2) is 9.48. The van der Waals surface area contributed by atoms with Crippen molar-refractivity contribution in [2.75, 3.05) is 13.1 Å². The predicted octanol–water partition coefficient (Wildman–Crippen LogP) is 3.77. The van der Waals surface area contributed by atoms with Gasteiger partial charge in [0.15, 0.2) is 5.96 Å². The summed E-state index contributed by atoms with van der Waals surface area (Å²) in [6, 6.07) is 19.8. The van der Waals surface area contributed by atoms with Crippen LogP contribution in [0.5, 0.6) is 0 Å². The van der Waals surface area contributed by atoms with Crippen molar-refractivity contribution in [1.29, 1.82) is 0 Å². The van der Waals surface area contributed by atoms with Crippen molar-refractivity contribution in [1.82, 2.24) is 15.6 Å². The highest BCUT2D eigenvalue weighted by molar-refractivity contribution is 7.09. The van der Waals surface area contributed by atoms with Gasteiger partial charge in [0.2, 0.25) is 0 Å². The lowest BCUT2D eigenvalue weighted by Crippen LogP contribution is -2.44. The number of hydrogen-bond donors (Lipinski definition) is 3. The molecule has 0 spiro atoms. The van der Waals surface area contributed by atoms with Gasteiger partial charge in [-0.2, -0.15) is 0 Å². The summed E-state index contributed by atoms with van der Waals surface area (Å²) in [7, 11) is 0. The van der Waals surface area contributed by atoms with E-state index in [-0.39, 0.29) is 0 Å². The maximum Gasteiger partial charge on any atom is 0.191 e. The third kappa shape index (κ3) is 5.41. The van der Waals surface area contributed by atoms with Crippen molar-refractivity contribution in [2.24, 2.45) is 4.99 Å². The molecule has 0 aliphatic heterocycles. The van der Waals surface area contributed by atoms with Gasteiger partial charge in [-0.15, -0.1) is 11.3 Å². The van der Waals surface area contributed by atoms with Gasteiger partial charge in [-0.25, -0.2) is 9.98 Å². The van der Waals surface area contributed by atoms with E-state index in [0.717, 1.165) is 28.4 Å². The summed E-state index contributed by atoms with van der Waals surface area (Å²) in [5.41, 5.74) is 1.96. The summed E-state index contributed by atoms with van der Waals surface area (Å²) in [6.45, 7) is 5.40. The molecular formula is C22H26N4OS. The molecule has 0 fully saturated rings. The molecule has 3 aromatic rings. The molecule has 2 aromatic carbocycles. The minimum absolute atomic E-state index is 0.357. The molecule has 5 nitrogen and oxygen atoms in total. The lowest BCUT2D eigenvalue weighted by molar-refractivity contribution is 0.0617. The number of nitrogens with one attached hydrogen (secondary N) is 2. The molecule has 1 heterocycles. The Morgan fingerprint density at radius 3 is 2.43 bits per heavy atom. The Morgan fingerprint density at radius 2 is 1.75 bits per heavy atom. The van der Waals surface area contributed by atoms with Crippen LogP contribution in [0.2, 0.25) is 0 Å². The van der Waals surface area contributed by atoms with Crippen LogP contribution in [0, 0.1) is 0 Å². The topological polar surface area (TPSA) is 69.5 Å². The Balaban J connectivity index is 1.64. The van der Waals surface area contributed by atoms with Crippen molar-refractivity contribution >= 4 is 17.3 Å². The van der Waals surface area contributed by atoms with Crippen LogP contribution < -0.4 is 10.6 Å². The van der Waals surface area contributed by atoms with E-state index >= 15 is 0 Å². The quantitative estimate of drug-likeness (QED) is 0.421. The van der Waals surface area contributed by atoms with E-state index in [4.69, 9.17) is 0 Å². The van der Waals surface area contributed by atoms with Gasteiger partial charge in [0.1, 0.15) is 10.6 Å². The van der Waals surface area contributed by atoms with Crippen LogP contribution in [0.4, 0.5) is 0 Å². The van der Waals surface area contributed by atoms with Crippen LogP contribution >= 0.6 is 11.3 Å². The summed E-state index contributed by atoms with van der Waals surface area (Å²) >= 11 is 1.60. The molecule has 0 amide bonds. The number of aliphatic hydroxyl groups is 1. The summed E-state index contributed by atoms with van der Waals surface area (Å²) in [6.07, 6.45) is 0. The second-order valence-electron chi connectivity index (χ2n) is 6.68. The number of benzene rings is 2. The van der Waals surface area contributed by atoms with Crippen LogP contribution in [0.3, 0.4) is 0 Å². The summed E-state index contributed by atoms with van der Waals surface area (Å²) in [4.78, 5) is 9.29. The molecule has 0 saturated heterocycles. The van der Waals surface area contributed by atoms with Gasteiger partial charge in [-0.1, -0.05) is 60.7 Å². The van der Waals surface area contributed by atoms with E-state index < -0.39 is 5.60 Å². The van der Waals surface area contributed by atoms with Gasteiger partial charge >= 0.3 is 0 Å². The Bertz CT molecular complexity index is 891. The van der Waals surface area contributed by atoms with Crippen LogP contribution in [0.15, 0.2) is 71.0 Å². The van der Waals surface area contributed by atoms with Crippen molar-refractivity contribution < 1.29 is 5.11 Å². The zero-order chi connectivity index (χ0) is 19.8. The Hall–Kier alpha value is -2.70. The van der Waals surface area contributed by atoms with Crippen molar-refractivity contribution in [3.8, 4) is 11.3 Å². The van der Waals surface area contributed by atoms with Crippen LogP contribution in [0.1, 0.15) is 24.4 Å². The molecule has 1 aromatic heterocycles. The van der Waals surface area contributed by atoms with Gasteiger partial charge in [0, 0.05) is 17.5 Å². The third-order valence-corrected chi connectivity index (χ3v) is 5.17. The first-order valence-electron chi connectivity index (χ1n) is 9.38. The highest BCUT2D eigenvalue weighted by atomic mass is 32.1. The number of thiazole rings is 1. The van der Waals surface area contributed by atoms with Gasteiger partial charge in [-0.3, -0.25) is 0 Å². The van der Waals surface area contributed by atoms with E-state index in [0.29, 0.717) is 19.0 Å². The van der Waals surface area contributed by atoms with Crippen LogP contribution in [-0.4, -0.2) is 29.1 Å². The molecule has 0 aliphatic rings. The fourth-order valence-corrected chi connectivity index (χ4v) is 3.50.